The fourth-order valence-electron chi connectivity index (χ4n) is 5.48. The Morgan fingerprint density at radius 1 is 1.21 bits per heavy atom. The van der Waals surface area contributed by atoms with Gasteiger partial charge in [-0.3, -0.25) is 4.79 Å². The van der Waals surface area contributed by atoms with Crippen LogP contribution in [0.5, 0.6) is 0 Å². The molecule has 1 aliphatic heterocycles. The molecule has 43 heavy (non-hydrogen) atoms. The molecular formula is C33H39N7O3. The number of rotatable bonds is 10. The number of amides is 1. The van der Waals surface area contributed by atoms with Gasteiger partial charge < -0.3 is 29.7 Å². The third-order valence-electron chi connectivity index (χ3n) is 7.76. The molecule has 0 spiro atoms. The zero-order valence-corrected chi connectivity index (χ0v) is 25.4. The maximum absolute atomic E-state index is 13.1. The molecular weight excluding hydrogens is 542 g/mol. The van der Waals surface area contributed by atoms with Crippen LogP contribution in [0.3, 0.4) is 0 Å². The number of anilines is 4. The minimum Gasteiger partial charge on any atom is -0.459 e. The van der Waals surface area contributed by atoms with E-state index in [1.54, 1.807) is 13.8 Å². The minimum absolute atomic E-state index is 0.255. The molecule has 0 aliphatic carbocycles. The van der Waals surface area contributed by atoms with Gasteiger partial charge in [0.05, 0.1) is 23.0 Å². The van der Waals surface area contributed by atoms with Crippen LogP contribution in [0.25, 0.3) is 16.7 Å². The number of esters is 1. The van der Waals surface area contributed by atoms with E-state index in [9.17, 15) is 9.59 Å². The van der Waals surface area contributed by atoms with Crippen molar-refractivity contribution < 1.29 is 14.3 Å². The van der Waals surface area contributed by atoms with Gasteiger partial charge in [-0.05, 0) is 88.5 Å². The molecule has 5 rings (SSSR count). The Bertz CT molecular complexity index is 1660. The number of carbonyl (C=O) groups is 2. The predicted molar refractivity (Wildman–Crippen MR) is 172 cm³/mol. The summed E-state index contributed by atoms with van der Waals surface area (Å²) in [5, 5.41) is 7.30. The summed E-state index contributed by atoms with van der Waals surface area (Å²) >= 11 is 0. The zero-order valence-electron chi connectivity index (χ0n) is 25.4. The van der Waals surface area contributed by atoms with E-state index in [0.717, 1.165) is 47.4 Å². The Morgan fingerprint density at radius 3 is 2.72 bits per heavy atom. The highest BCUT2D eigenvalue weighted by Gasteiger charge is 2.24. The van der Waals surface area contributed by atoms with Crippen molar-refractivity contribution in [3.63, 3.8) is 0 Å². The molecule has 1 atom stereocenters. The van der Waals surface area contributed by atoms with E-state index in [0.29, 0.717) is 23.5 Å². The van der Waals surface area contributed by atoms with Gasteiger partial charge in [0.25, 0.3) is 0 Å². The van der Waals surface area contributed by atoms with E-state index in [1.165, 1.54) is 18.7 Å². The first-order valence-electron chi connectivity index (χ1n) is 14.6. The van der Waals surface area contributed by atoms with Crippen molar-refractivity contribution in [2.45, 2.75) is 45.8 Å². The van der Waals surface area contributed by atoms with E-state index in [-0.39, 0.29) is 17.6 Å². The smallest absolute Gasteiger partial charge is 0.343 e. The van der Waals surface area contributed by atoms with Crippen LogP contribution in [0, 0.1) is 6.92 Å². The minimum atomic E-state index is -0.500. The first-order valence-corrected chi connectivity index (χ1v) is 14.6. The van der Waals surface area contributed by atoms with Crippen molar-refractivity contribution in [1.82, 2.24) is 19.4 Å². The van der Waals surface area contributed by atoms with Crippen LogP contribution in [-0.2, 0) is 9.53 Å². The van der Waals surface area contributed by atoms with Crippen LogP contribution in [0.15, 0.2) is 67.5 Å². The van der Waals surface area contributed by atoms with E-state index in [1.807, 2.05) is 67.2 Å². The molecule has 1 fully saturated rings. The van der Waals surface area contributed by atoms with Gasteiger partial charge in [-0.15, -0.1) is 0 Å². The number of nitrogens with one attached hydrogen (secondary N) is 2. The van der Waals surface area contributed by atoms with Gasteiger partial charge in [0.15, 0.2) is 5.82 Å². The number of likely N-dealkylation sites (tertiary alicyclic amines) is 1. The topological polar surface area (TPSA) is 105 Å². The third-order valence-corrected chi connectivity index (χ3v) is 7.76. The van der Waals surface area contributed by atoms with Gasteiger partial charge in [0.2, 0.25) is 11.9 Å². The maximum atomic E-state index is 13.1. The van der Waals surface area contributed by atoms with Gasteiger partial charge in [-0.1, -0.05) is 24.8 Å². The number of carbonyl (C=O) groups excluding carboxylic acids is 2. The fourth-order valence-corrected chi connectivity index (χ4v) is 5.48. The summed E-state index contributed by atoms with van der Waals surface area (Å²) in [6.45, 7) is 11.2. The van der Waals surface area contributed by atoms with Gasteiger partial charge in [-0.25, -0.2) is 9.78 Å². The Morgan fingerprint density at radius 2 is 2.00 bits per heavy atom. The fraction of sp³-hybridized carbons (Fsp3) is 0.333. The quantitative estimate of drug-likeness (QED) is 0.182. The number of benzene rings is 2. The highest BCUT2D eigenvalue weighted by Crippen LogP contribution is 2.34. The monoisotopic (exact) mass is 581 g/mol. The number of fused-ring (bicyclic) bond motifs is 1. The van der Waals surface area contributed by atoms with Gasteiger partial charge in [-0.2, -0.15) is 4.98 Å². The average molecular weight is 582 g/mol. The molecule has 4 aromatic rings. The zero-order chi connectivity index (χ0) is 30.7. The SMILES string of the molecule is C=CC(=O)Nc1cc(Nc2ncc(C(=O)OC(C)C)c(-n3ccc4ccccc43)n2)c(C)cc1N(C)C[C@H]1CCCN1C. The molecule has 2 aromatic carbocycles. The van der Waals surface area contributed by atoms with E-state index < -0.39 is 5.97 Å². The van der Waals surface area contributed by atoms with Gasteiger partial charge >= 0.3 is 5.97 Å². The number of ether oxygens (including phenoxy) is 1. The summed E-state index contributed by atoms with van der Waals surface area (Å²) in [7, 11) is 4.20. The lowest BCUT2D eigenvalue weighted by molar-refractivity contribution is -0.111. The van der Waals surface area contributed by atoms with Crippen molar-refractivity contribution >= 4 is 45.8 Å². The summed E-state index contributed by atoms with van der Waals surface area (Å²) < 4.78 is 7.37. The highest BCUT2D eigenvalue weighted by molar-refractivity contribution is 6.02. The molecule has 0 unspecified atom stereocenters. The van der Waals surface area contributed by atoms with E-state index >= 15 is 0 Å². The lowest BCUT2D eigenvalue weighted by Gasteiger charge is -2.29. The van der Waals surface area contributed by atoms with Gasteiger partial charge in [0, 0.05) is 37.7 Å². The molecule has 1 aliphatic rings. The van der Waals surface area contributed by atoms with Crippen molar-refractivity contribution in [2.24, 2.45) is 0 Å². The molecule has 0 saturated carbocycles. The number of aryl methyl sites for hydroxylation is 1. The maximum Gasteiger partial charge on any atom is 0.343 e. The van der Waals surface area contributed by atoms with Crippen molar-refractivity contribution in [3.8, 4) is 5.82 Å². The first kappa shape index (κ1) is 29.8. The number of hydrogen-bond donors (Lipinski definition) is 2. The second-order valence-corrected chi connectivity index (χ2v) is 11.3. The van der Waals surface area contributed by atoms with Crippen LogP contribution in [0.2, 0.25) is 0 Å². The molecule has 2 N–H and O–H groups in total. The summed E-state index contributed by atoms with van der Waals surface area (Å²) in [6, 6.07) is 14.2. The van der Waals surface area contributed by atoms with Crippen molar-refractivity contribution in [1.29, 1.82) is 0 Å². The van der Waals surface area contributed by atoms with E-state index in [4.69, 9.17) is 9.72 Å². The summed E-state index contributed by atoms with van der Waals surface area (Å²) in [5.41, 5.74) is 4.37. The van der Waals surface area contributed by atoms with Crippen LogP contribution >= 0.6 is 0 Å². The number of likely N-dealkylation sites (N-methyl/N-ethyl adjacent to an activating group) is 2. The predicted octanol–water partition coefficient (Wildman–Crippen LogP) is 5.69. The second-order valence-electron chi connectivity index (χ2n) is 11.3. The molecule has 0 radical (unpaired) electrons. The Balaban J connectivity index is 1.52. The van der Waals surface area contributed by atoms with Gasteiger partial charge in [0.1, 0.15) is 5.56 Å². The van der Waals surface area contributed by atoms with Crippen molar-refractivity contribution in [3.05, 3.63) is 78.6 Å². The first-order chi connectivity index (χ1) is 20.6. The number of aromatic nitrogens is 3. The second kappa shape index (κ2) is 12.7. The summed E-state index contributed by atoms with van der Waals surface area (Å²) in [6.07, 6.45) is 6.66. The van der Waals surface area contributed by atoms with Crippen LogP contribution in [0.1, 0.15) is 42.6 Å². The Labute approximate surface area is 252 Å². The Hall–Kier alpha value is -4.70. The standard InChI is InChI=1S/C33H39N7O3/c1-7-30(41)35-27-18-26(22(4)17-29(27)39(6)20-24-12-10-15-38(24)5)36-33-34-19-25(32(42)43-21(2)3)31(37-33)40-16-14-23-11-8-9-13-28(23)40/h7-9,11,13-14,16-19,21,24H,1,10,12,15,20H2,2-6H3,(H,35,41)(H,34,36,37)/t24-/m1/s1. The molecule has 2 aromatic heterocycles. The molecule has 10 nitrogen and oxygen atoms in total. The normalized spacial score (nSPS) is 15.1. The molecule has 1 amide bonds. The summed E-state index contributed by atoms with van der Waals surface area (Å²) in [5.74, 6) is -0.0976. The van der Waals surface area contributed by atoms with Crippen LogP contribution < -0.4 is 15.5 Å². The molecule has 1 saturated heterocycles. The largest absolute Gasteiger partial charge is 0.459 e. The molecule has 224 valence electrons. The van der Waals surface area contributed by atoms with Crippen molar-refractivity contribution in [2.75, 3.05) is 42.7 Å². The molecule has 0 bridgehead atoms. The van der Waals surface area contributed by atoms with Crippen LogP contribution in [-0.4, -0.2) is 70.6 Å². The molecule has 10 heteroatoms. The highest BCUT2D eigenvalue weighted by atomic mass is 16.5. The summed E-state index contributed by atoms with van der Waals surface area (Å²) in [4.78, 5) is 39.3. The lowest BCUT2D eigenvalue weighted by Crippen LogP contribution is -2.37. The number of para-hydroxylation sites is 1. The lowest BCUT2D eigenvalue weighted by atomic mass is 10.1. The van der Waals surface area contributed by atoms with Crippen LogP contribution in [0.4, 0.5) is 23.0 Å². The molecule has 3 heterocycles. The van der Waals surface area contributed by atoms with E-state index in [2.05, 4.69) is 39.0 Å². The number of nitrogens with zero attached hydrogens (tertiary/aromatic N) is 5. The average Bonchev–Trinajstić information content (AvgIpc) is 3.59. The third kappa shape index (κ3) is 6.54. The Kier molecular flexibility index (Phi) is 8.77. The number of hydrogen-bond acceptors (Lipinski definition) is 8.